The van der Waals surface area contributed by atoms with E-state index in [9.17, 15) is 14.2 Å². The van der Waals surface area contributed by atoms with Gasteiger partial charge in [-0.3, -0.25) is 9.13 Å². The molecular weight excluding hydrogens is 482 g/mol. The molecule has 9 nitrogen and oxygen atoms in total. The molecule has 0 aliphatic rings. The number of nitrogens with zero attached hydrogens (tertiary/aromatic N) is 2. The van der Waals surface area contributed by atoms with Crippen LogP contribution in [0.5, 0.6) is 0 Å². The zero-order valence-corrected chi connectivity index (χ0v) is 16.2. The molecule has 128 valence electrons. The topological polar surface area (TPSA) is 153 Å². The van der Waals surface area contributed by atoms with E-state index in [1.165, 1.54) is 10.9 Å². The van der Waals surface area contributed by atoms with Crippen molar-refractivity contribution in [3.05, 3.63) is 27.4 Å². The van der Waals surface area contributed by atoms with Crippen LogP contribution in [-0.4, -0.2) is 39.3 Å². The monoisotopic (exact) mass is 492 g/mol. The van der Waals surface area contributed by atoms with Crippen molar-refractivity contribution in [2.75, 3.05) is 0 Å². The number of aromatic nitrogens is 2. The second-order valence-corrected chi connectivity index (χ2v) is 10.5. The molecule has 1 aromatic heterocycles. The molecule has 0 saturated carbocycles. The van der Waals surface area contributed by atoms with Gasteiger partial charge in [-0.25, -0.2) is 4.98 Å². The van der Waals surface area contributed by atoms with E-state index in [1.54, 1.807) is 12.1 Å². The molecule has 0 unspecified atom stereocenters. The summed E-state index contributed by atoms with van der Waals surface area (Å²) in [6, 6.07) is 3.45. The second kappa shape index (κ2) is 6.33. The molecule has 2 rings (SSSR count). The molecule has 5 N–H and O–H groups in total. The Hall–Kier alpha value is -0.0900. The van der Waals surface area contributed by atoms with E-state index in [-0.39, 0.29) is 6.54 Å². The number of aliphatic hydroxyl groups is 1. The van der Waals surface area contributed by atoms with Gasteiger partial charge in [0.05, 0.1) is 11.8 Å². The first kappa shape index (κ1) is 19.2. The average molecular weight is 494 g/mol. The lowest BCUT2D eigenvalue weighted by molar-refractivity contribution is 0.119. The molecule has 0 fully saturated rings. The number of hydrogen-bond acceptors (Lipinski definition) is 4. The molecule has 2 aromatic rings. The molecule has 0 spiro atoms. The summed E-state index contributed by atoms with van der Waals surface area (Å²) in [6.45, 7) is -0.266. The third-order valence-electron chi connectivity index (χ3n) is 3.29. The predicted octanol–water partition coefficient (Wildman–Crippen LogP) is 1.95. The number of halogens is 2. The van der Waals surface area contributed by atoms with Crippen molar-refractivity contribution < 1.29 is 33.8 Å². The maximum absolute atomic E-state index is 11.4. The first-order valence-electron chi connectivity index (χ1n) is 6.01. The van der Waals surface area contributed by atoms with Crippen molar-refractivity contribution in [3.8, 4) is 0 Å². The van der Waals surface area contributed by atoms with Crippen molar-refractivity contribution in [2.45, 2.75) is 18.0 Å². The van der Waals surface area contributed by atoms with Crippen molar-refractivity contribution >= 4 is 58.1 Å². The summed E-state index contributed by atoms with van der Waals surface area (Å²) in [5, 5.41) is 6.45. The summed E-state index contributed by atoms with van der Waals surface area (Å²) in [6.07, 6.45) is 0.492. The smallest absolute Gasteiger partial charge is 0.367 e. The number of hydrogen-bond donors (Lipinski definition) is 5. The van der Waals surface area contributed by atoms with Crippen LogP contribution in [-0.2, 0) is 15.7 Å². The Balaban J connectivity index is 2.43. The van der Waals surface area contributed by atoms with E-state index in [2.05, 4.69) is 36.8 Å². The number of rotatable bonds is 5. The molecule has 1 heterocycles. The van der Waals surface area contributed by atoms with Gasteiger partial charge < -0.3 is 29.2 Å². The quantitative estimate of drug-likeness (QED) is 0.396. The molecule has 0 bridgehead atoms. The van der Waals surface area contributed by atoms with E-state index < -0.39 is 26.7 Å². The highest BCUT2D eigenvalue weighted by molar-refractivity contribution is 9.11. The highest BCUT2D eigenvalue weighted by Crippen LogP contribution is 2.69. The predicted molar refractivity (Wildman–Crippen MR) is 88.8 cm³/mol. The summed E-state index contributed by atoms with van der Waals surface area (Å²) < 4.78 is 25.4. The van der Waals surface area contributed by atoms with Crippen LogP contribution in [0.3, 0.4) is 0 Å². The van der Waals surface area contributed by atoms with Gasteiger partial charge in [-0.15, -0.1) is 0 Å². The third kappa shape index (κ3) is 3.49. The van der Waals surface area contributed by atoms with E-state index >= 15 is 0 Å². The van der Waals surface area contributed by atoms with Crippen LogP contribution in [0.2, 0.25) is 0 Å². The maximum atomic E-state index is 11.4. The van der Waals surface area contributed by atoms with Gasteiger partial charge in [-0.1, -0.05) is 0 Å². The largest absolute Gasteiger partial charge is 0.369 e. The third-order valence-corrected chi connectivity index (χ3v) is 8.44. The minimum atomic E-state index is -5.47. The maximum Gasteiger partial charge on any atom is 0.369 e. The van der Waals surface area contributed by atoms with Crippen molar-refractivity contribution in [3.63, 3.8) is 0 Å². The first-order chi connectivity index (χ1) is 10.4. The van der Waals surface area contributed by atoms with Crippen LogP contribution in [0, 0.1) is 0 Å². The van der Waals surface area contributed by atoms with Crippen LogP contribution in [0.4, 0.5) is 0 Å². The SMILES string of the molecule is O=P(O)(O)C(O)(CCn1cnc2c(Br)ccc(Br)c21)P(=O)(O)O. The summed E-state index contributed by atoms with van der Waals surface area (Å²) in [4.78, 5) is 40.7. The van der Waals surface area contributed by atoms with Crippen molar-refractivity contribution in [2.24, 2.45) is 0 Å². The number of fused-ring (bicyclic) bond motifs is 1. The van der Waals surface area contributed by atoms with Gasteiger partial charge in [0.2, 0.25) is 0 Å². The van der Waals surface area contributed by atoms with Crippen LogP contribution in [0.25, 0.3) is 11.0 Å². The van der Waals surface area contributed by atoms with Crippen LogP contribution < -0.4 is 0 Å². The van der Waals surface area contributed by atoms with Gasteiger partial charge in [0.1, 0.15) is 5.52 Å². The number of imidazole rings is 1. The zero-order chi connectivity index (χ0) is 17.6. The van der Waals surface area contributed by atoms with Crippen molar-refractivity contribution in [1.29, 1.82) is 0 Å². The minimum Gasteiger partial charge on any atom is -0.367 e. The Labute approximate surface area is 146 Å². The van der Waals surface area contributed by atoms with Gasteiger partial charge in [0.15, 0.2) is 0 Å². The Morgan fingerprint density at radius 1 is 1.09 bits per heavy atom. The van der Waals surface area contributed by atoms with Gasteiger partial charge in [-0.05, 0) is 44.0 Å². The van der Waals surface area contributed by atoms with Crippen molar-refractivity contribution in [1.82, 2.24) is 9.55 Å². The van der Waals surface area contributed by atoms with Crippen LogP contribution in [0.1, 0.15) is 6.42 Å². The van der Waals surface area contributed by atoms with Crippen LogP contribution in [0.15, 0.2) is 27.4 Å². The Morgan fingerprint density at radius 2 is 1.61 bits per heavy atom. The molecule has 1 aromatic carbocycles. The van der Waals surface area contributed by atoms with Gasteiger partial charge in [0.25, 0.3) is 5.08 Å². The highest BCUT2D eigenvalue weighted by Gasteiger charge is 2.58. The molecular formula is C10H12Br2N2O7P2. The van der Waals surface area contributed by atoms with Gasteiger partial charge in [0, 0.05) is 21.9 Å². The standard InChI is InChI=1S/C10H12Br2N2O7P2/c11-6-1-2-7(12)9-8(6)13-5-14(9)4-3-10(15,22(16,17)18)23(19,20)21/h1-2,5,15H,3-4H2,(H2,16,17,18)(H2,19,20,21). The lowest BCUT2D eigenvalue weighted by Crippen LogP contribution is -2.30. The molecule has 0 aliphatic carbocycles. The molecule has 0 atom stereocenters. The lowest BCUT2D eigenvalue weighted by Gasteiger charge is -2.29. The highest BCUT2D eigenvalue weighted by atomic mass is 79.9. The summed E-state index contributed by atoms with van der Waals surface area (Å²) in [5.74, 6) is 0. The molecule has 0 radical (unpaired) electrons. The second-order valence-electron chi connectivity index (χ2n) is 4.78. The zero-order valence-electron chi connectivity index (χ0n) is 11.2. The van der Waals surface area contributed by atoms with Gasteiger partial charge >= 0.3 is 15.2 Å². The lowest BCUT2D eigenvalue weighted by atomic mass is 10.3. The summed E-state index contributed by atoms with van der Waals surface area (Å²) in [5.41, 5.74) is 1.11. The molecule has 13 heteroatoms. The van der Waals surface area contributed by atoms with Gasteiger partial charge in [-0.2, -0.15) is 0 Å². The molecule has 0 amide bonds. The van der Waals surface area contributed by atoms with E-state index in [0.717, 1.165) is 0 Å². The fourth-order valence-corrected chi connectivity index (χ4v) is 5.12. The number of benzene rings is 1. The Bertz CT molecular complexity index is 821. The van der Waals surface area contributed by atoms with Crippen LogP contribution >= 0.6 is 47.1 Å². The number of aryl methyl sites for hydroxylation is 1. The average Bonchev–Trinajstić information content (AvgIpc) is 2.83. The summed E-state index contributed by atoms with van der Waals surface area (Å²) in [7, 11) is -10.9. The minimum absolute atomic E-state index is 0.266. The normalized spacial score (nSPS) is 13.7. The van der Waals surface area contributed by atoms with E-state index in [4.69, 9.17) is 19.6 Å². The molecule has 23 heavy (non-hydrogen) atoms. The Kier molecular flexibility index (Phi) is 5.29. The summed E-state index contributed by atoms with van der Waals surface area (Å²) >= 11 is 6.61. The fourth-order valence-electron chi connectivity index (χ4n) is 2.01. The van der Waals surface area contributed by atoms with E-state index in [1.807, 2.05) is 0 Å². The van der Waals surface area contributed by atoms with E-state index in [0.29, 0.717) is 20.0 Å². The molecule has 0 aliphatic heterocycles. The first-order valence-corrected chi connectivity index (χ1v) is 10.8. The Morgan fingerprint density at radius 3 is 2.13 bits per heavy atom. The molecule has 0 saturated heterocycles. The fraction of sp³-hybridized carbons (Fsp3) is 0.300.